The van der Waals surface area contributed by atoms with Gasteiger partial charge in [-0.2, -0.15) is 0 Å². The quantitative estimate of drug-likeness (QED) is 0.409. The summed E-state index contributed by atoms with van der Waals surface area (Å²) >= 11 is 6.61. The van der Waals surface area contributed by atoms with Gasteiger partial charge in [0.2, 0.25) is 0 Å². The Kier molecular flexibility index (Phi) is 5.55. The fourth-order valence-electron chi connectivity index (χ4n) is 3.57. The highest BCUT2D eigenvalue weighted by Gasteiger charge is 2.26. The van der Waals surface area contributed by atoms with Crippen LogP contribution in [0.1, 0.15) is 28.6 Å². The molecule has 1 heterocycles. The van der Waals surface area contributed by atoms with E-state index in [4.69, 9.17) is 4.42 Å². The molecule has 1 aromatic heterocycles. The van der Waals surface area contributed by atoms with E-state index in [-0.39, 0.29) is 11.5 Å². The molecule has 0 radical (unpaired) electrons. The number of carbonyl (C=O) groups is 1. The zero-order valence-corrected chi connectivity index (χ0v) is 19.1. The van der Waals surface area contributed by atoms with Crippen molar-refractivity contribution in [1.82, 2.24) is 0 Å². The highest BCUT2D eigenvalue weighted by atomic mass is 79.9. The molecule has 2 aromatic carbocycles. The molecule has 3 rings (SSSR count). The number of benzene rings is 2. The predicted octanol–water partition coefficient (Wildman–Crippen LogP) is 0.274. The van der Waals surface area contributed by atoms with Crippen LogP contribution in [0.25, 0.3) is 11.0 Å². The number of aromatic hydroxyl groups is 1. The van der Waals surface area contributed by atoms with E-state index in [9.17, 15) is 9.90 Å². The highest BCUT2D eigenvalue weighted by molar-refractivity contribution is 9.11. The van der Waals surface area contributed by atoms with Crippen LogP contribution in [0, 0.1) is 0 Å². The Bertz CT molecular complexity index is 1070. The number of aryl methyl sites for hydroxylation is 1. The van der Waals surface area contributed by atoms with Gasteiger partial charge in [0.25, 0.3) is 0 Å². The van der Waals surface area contributed by atoms with Gasteiger partial charge in [-0.05, 0) is 49.5 Å². The highest BCUT2D eigenvalue weighted by Crippen LogP contribution is 2.35. The standard InChI is InChI=1S/C18H18B3Br2NO3/c1-3-9-10(16(25)6-4-7(22)17(26)8(23)5-6)11-12(19)13(20)15(24-2)14(21)18(11)27-9/h4-5,24,26H,3,19-21H2,1-2H3. The van der Waals surface area contributed by atoms with Crippen LogP contribution in [-0.2, 0) is 6.42 Å². The number of carbonyl (C=O) groups excluding carboxylic acids is 1. The summed E-state index contributed by atoms with van der Waals surface area (Å²) in [6.45, 7) is 1.98. The lowest BCUT2D eigenvalue weighted by Gasteiger charge is -2.14. The second-order valence-electron chi connectivity index (χ2n) is 6.58. The van der Waals surface area contributed by atoms with Crippen molar-refractivity contribution in [2.75, 3.05) is 12.4 Å². The molecule has 0 atom stereocenters. The average Bonchev–Trinajstić information content (AvgIpc) is 3.03. The van der Waals surface area contributed by atoms with E-state index >= 15 is 0 Å². The molecule has 0 aliphatic rings. The van der Waals surface area contributed by atoms with Crippen molar-refractivity contribution in [1.29, 1.82) is 0 Å². The third-order valence-electron chi connectivity index (χ3n) is 5.09. The van der Waals surface area contributed by atoms with Crippen molar-refractivity contribution >= 4 is 94.2 Å². The van der Waals surface area contributed by atoms with Crippen molar-refractivity contribution in [2.45, 2.75) is 13.3 Å². The number of phenols is 1. The van der Waals surface area contributed by atoms with E-state index in [2.05, 4.69) is 37.2 Å². The summed E-state index contributed by atoms with van der Waals surface area (Å²) in [5, 5.41) is 14.1. The lowest BCUT2D eigenvalue weighted by molar-refractivity contribution is 0.103. The molecule has 0 amide bonds. The van der Waals surface area contributed by atoms with Crippen LogP contribution >= 0.6 is 31.9 Å². The molecule has 3 aromatic rings. The smallest absolute Gasteiger partial charge is 0.197 e. The summed E-state index contributed by atoms with van der Waals surface area (Å²) in [6, 6.07) is 3.27. The van der Waals surface area contributed by atoms with E-state index < -0.39 is 0 Å². The molecule has 0 aliphatic carbocycles. The van der Waals surface area contributed by atoms with Gasteiger partial charge in [0.05, 0.1) is 14.5 Å². The van der Waals surface area contributed by atoms with Crippen LogP contribution in [0.3, 0.4) is 0 Å². The first kappa shape index (κ1) is 20.1. The molecule has 0 aliphatic heterocycles. The van der Waals surface area contributed by atoms with Crippen LogP contribution < -0.4 is 21.7 Å². The maximum atomic E-state index is 13.4. The van der Waals surface area contributed by atoms with Gasteiger partial charge in [-0.1, -0.05) is 17.8 Å². The Morgan fingerprint density at radius 3 is 2.26 bits per heavy atom. The van der Waals surface area contributed by atoms with E-state index in [0.717, 1.165) is 33.0 Å². The van der Waals surface area contributed by atoms with Gasteiger partial charge in [-0.3, -0.25) is 4.79 Å². The largest absolute Gasteiger partial charge is 0.506 e. The Labute approximate surface area is 177 Å². The van der Waals surface area contributed by atoms with Crippen molar-refractivity contribution in [3.63, 3.8) is 0 Å². The van der Waals surface area contributed by atoms with Crippen molar-refractivity contribution in [3.05, 3.63) is 38.0 Å². The Hall–Kier alpha value is -1.60. The molecule has 2 N–H and O–H groups in total. The van der Waals surface area contributed by atoms with Gasteiger partial charge in [-0.25, -0.2) is 0 Å². The number of rotatable bonds is 4. The number of hydrogen-bond acceptors (Lipinski definition) is 4. The number of furan rings is 1. The number of nitrogens with one attached hydrogen (secondary N) is 1. The maximum Gasteiger partial charge on any atom is 0.197 e. The molecule has 0 saturated carbocycles. The predicted molar refractivity (Wildman–Crippen MR) is 127 cm³/mol. The molecule has 0 saturated heterocycles. The van der Waals surface area contributed by atoms with Crippen LogP contribution in [-0.4, -0.2) is 41.5 Å². The third-order valence-corrected chi connectivity index (χ3v) is 6.30. The Morgan fingerprint density at radius 2 is 1.74 bits per heavy atom. The Morgan fingerprint density at radius 1 is 1.15 bits per heavy atom. The van der Waals surface area contributed by atoms with Crippen LogP contribution in [0.4, 0.5) is 5.69 Å². The summed E-state index contributed by atoms with van der Waals surface area (Å²) in [6.07, 6.45) is 0.614. The molecular weight excluding hydrogens is 470 g/mol. The summed E-state index contributed by atoms with van der Waals surface area (Å²) in [7, 11) is 7.97. The number of hydrogen-bond donors (Lipinski definition) is 2. The lowest BCUT2D eigenvalue weighted by atomic mass is 9.72. The van der Waals surface area contributed by atoms with E-state index in [1.165, 1.54) is 0 Å². The second kappa shape index (κ2) is 7.43. The number of halogens is 2. The van der Waals surface area contributed by atoms with Crippen molar-refractivity contribution < 1.29 is 14.3 Å². The summed E-state index contributed by atoms with van der Waals surface area (Å²) in [4.78, 5) is 13.4. The SMILES string of the molecule is Bc1c(NC)c(B)c2oc(CC)c(C(=O)c3cc(Br)c(O)c(Br)c3)c2c1B. The molecule has 0 spiro atoms. The molecule has 9 heteroatoms. The average molecular weight is 489 g/mol. The number of ketones is 1. The molecule has 4 nitrogen and oxygen atoms in total. The fourth-order valence-corrected chi connectivity index (χ4v) is 4.76. The second-order valence-corrected chi connectivity index (χ2v) is 8.28. The van der Waals surface area contributed by atoms with E-state index in [1.54, 1.807) is 12.1 Å². The zero-order chi connectivity index (χ0) is 20.0. The van der Waals surface area contributed by atoms with E-state index in [1.807, 2.05) is 37.5 Å². The van der Waals surface area contributed by atoms with Gasteiger partial charge in [-0.15, -0.1) is 0 Å². The van der Waals surface area contributed by atoms with Gasteiger partial charge in [0, 0.05) is 30.1 Å². The minimum Gasteiger partial charge on any atom is -0.506 e. The first-order valence-electron chi connectivity index (χ1n) is 8.68. The lowest BCUT2D eigenvalue weighted by Crippen LogP contribution is -2.35. The molecular formula is C18H18B3Br2NO3. The minimum atomic E-state index is -0.119. The summed E-state index contributed by atoms with van der Waals surface area (Å²) in [5.41, 5.74) is 6.00. The molecule has 27 heavy (non-hydrogen) atoms. The zero-order valence-electron chi connectivity index (χ0n) is 15.9. The minimum absolute atomic E-state index is 0.0702. The third kappa shape index (κ3) is 3.15. The number of anilines is 1. The summed E-state index contributed by atoms with van der Waals surface area (Å²) < 4.78 is 7.08. The summed E-state index contributed by atoms with van der Waals surface area (Å²) in [5.74, 6) is 0.626. The van der Waals surface area contributed by atoms with Crippen LogP contribution in [0.5, 0.6) is 5.75 Å². The number of fused-ring (bicyclic) bond motifs is 1. The van der Waals surface area contributed by atoms with Gasteiger partial charge >= 0.3 is 0 Å². The van der Waals surface area contributed by atoms with Crippen LogP contribution in [0.15, 0.2) is 25.5 Å². The van der Waals surface area contributed by atoms with Gasteiger partial charge < -0.3 is 14.8 Å². The first-order valence-corrected chi connectivity index (χ1v) is 10.3. The molecule has 0 bridgehead atoms. The molecule has 0 fully saturated rings. The van der Waals surface area contributed by atoms with Gasteiger partial charge in [0.15, 0.2) is 5.78 Å². The monoisotopic (exact) mass is 487 g/mol. The number of phenolic OH excluding ortho intramolecular Hbond substituents is 1. The Balaban J connectivity index is 2.36. The maximum absolute atomic E-state index is 13.4. The molecule has 136 valence electrons. The fraction of sp³-hybridized carbons (Fsp3) is 0.167. The van der Waals surface area contributed by atoms with E-state index in [0.29, 0.717) is 32.3 Å². The normalized spacial score (nSPS) is 11.1. The van der Waals surface area contributed by atoms with Crippen molar-refractivity contribution in [3.8, 4) is 5.75 Å². The first-order chi connectivity index (χ1) is 12.7. The van der Waals surface area contributed by atoms with Crippen molar-refractivity contribution in [2.24, 2.45) is 0 Å². The van der Waals surface area contributed by atoms with Crippen LogP contribution in [0.2, 0.25) is 0 Å². The van der Waals surface area contributed by atoms with Gasteiger partial charge in [0.1, 0.15) is 40.6 Å². The molecule has 0 unspecified atom stereocenters. The topological polar surface area (TPSA) is 62.5 Å².